The second-order valence-corrected chi connectivity index (χ2v) is 12.5. The van der Waals surface area contributed by atoms with E-state index in [1.165, 1.54) is 88.0 Å². The summed E-state index contributed by atoms with van der Waals surface area (Å²) in [6.07, 6.45) is 10.3. The molecule has 0 bridgehead atoms. The van der Waals surface area contributed by atoms with Gasteiger partial charge in [-0.1, -0.05) is 160 Å². The van der Waals surface area contributed by atoms with Gasteiger partial charge in [-0.2, -0.15) is 0 Å². The quantitative estimate of drug-likeness (QED) is 0.126. The molecule has 1 aliphatic rings. The van der Waals surface area contributed by atoms with Gasteiger partial charge < -0.3 is 0 Å². The molecule has 0 radical (unpaired) electrons. The predicted octanol–water partition coefficient (Wildman–Crippen LogP) is 13.6. The molecule has 7 aromatic rings. The Labute approximate surface area is 277 Å². The molecule has 0 saturated heterocycles. The van der Waals surface area contributed by atoms with E-state index in [1.54, 1.807) is 0 Å². The first-order valence-corrected chi connectivity index (χ1v) is 16.5. The maximum atomic E-state index is 4.20. The second kappa shape index (κ2) is 11.6. The van der Waals surface area contributed by atoms with Crippen molar-refractivity contribution in [2.75, 3.05) is 0 Å². The monoisotopic (exact) mass is 600 g/mol. The zero-order valence-corrected chi connectivity index (χ0v) is 26.9. The highest BCUT2D eigenvalue weighted by Crippen LogP contribution is 2.56. The van der Waals surface area contributed by atoms with Crippen molar-refractivity contribution in [1.29, 1.82) is 0 Å². The summed E-state index contributed by atoms with van der Waals surface area (Å²) in [6.45, 7) is 12.6. The van der Waals surface area contributed by atoms with Gasteiger partial charge in [0.1, 0.15) is 0 Å². The molecule has 0 N–H and O–H groups in total. The average molecular weight is 601 g/mol. The van der Waals surface area contributed by atoms with Gasteiger partial charge in [-0.25, -0.2) is 0 Å². The molecule has 0 heterocycles. The maximum Gasteiger partial charge on any atom is -0.000416 e. The number of rotatable bonds is 7. The van der Waals surface area contributed by atoms with Gasteiger partial charge in [0.15, 0.2) is 0 Å². The lowest BCUT2D eigenvalue weighted by atomic mass is 9.86. The Balaban J connectivity index is 1.50. The number of hydrogen-bond acceptors (Lipinski definition) is 0. The molecule has 1 aliphatic carbocycles. The van der Waals surface area contributed by atoms with E-state index in [-0.39, 0.29) is 5.92 Å². The summed E-state index contributed by atoms with van der Waals surface area (Å²) in [5.74, 6) is 0.251. The molecule has 0 spiro atoms. The third-order valence-corrected chi connectivity index (χ3v) is 9.86. The van der Waals surface area contributed by atoms with Crippen LogP contribution in [-0.2, 0) is 0 Å². The highest BCUT2D eigenvalue weighted by molar-refractivity contribution is 6.23. The molecule has 0 aliphatic heterocycles. The van der Waals surface area contributed by atoms with Crippen LogP contribution in [0.1, 0.15) is 30.9 Å². The normalized spacial score (nSPS) is 13.0. The molecule has 47 heavy (non-hydrogen) atoms. The second-order valence-electron chi connectivity index (χ2n) is 12.5. The topological polar surface area (TPSA) is 0 Å². The minimum absolute atomic E-state index is 0.251. The number of fused-ring (bicyclic) bond motifs is 5. The number of hydrogen-bond donors (Lipinski definition) is 0. The van der Waals surface area contributed by atoms with Crippen molar-refractivity contribution in [2.24, 2.45) is 0 Å². The SMILES string of the molecule is C=C/C=C(\C=C)c1ccc2c3c(ccc(C(C)/C=C\C)c13)-c1c(-c3ccc4ccccc4c3)ccc(-c3ccc4ccccc4c3)c1-2. The van der Waals surface area contributed by atoms with Crippen LogP contribution in [0.5, 0.6) is 0 Å². The molecule has 1 atom stereocenters. The fraction of sp³-hybridized carbons (Fsp3) is 0.0638. The van der Waals surface area contributed by atoms with Crippen molar-refractivity contribution < 1.29 is 0 Å². The third kappa shape index (κ3) is 4.60. The largest absolute Gasteiger partial charge is 0.0990 e. The fourth-order valence-electron chi connectivity index (χ4n) is 7.70. The minimum atomic E-state index is 0.251. The Morgan fingerprint density at radius 1 is 0.574 bits per heavy atom. The number of benzene rings is 7. The molecule has 7 aromatic carbocycles. The maximum absolute atomic E-state index is 4.20. The highest BCUT2D eigenvalue weighted by atomic mass is 14.3. The van der Waals surface area contributed by atoms with Crippen molar-refractivity contribution in [3.05, 3.63) is 176 Å². The van der Waals surface area contributed by atoms with Crippen molar-refractivity contribution in [2.45, 2.75) is 19.8 Å². The van der Waals surface area contributed by atoms with Gasteiger partial charge in [0.05, 0.1) is 0 Å². The smallest absolute Gasteiger partial charge is 0.000416 e. The molecule has 0 amide bonds. The zero-order valence-electron chi connectivity index (χ0n) is 26.9. The Morgan fingerprint density at radius 2 is 1.11 bits per heavy atom. The minimum Gasteiger partial charge on any atom is -0.0990 e. The highest BCUT2D eigenvalue weighted by Gasteiger charge is 2.30. The third-order valence-electron chi connectivity index (χ3n) is 9.86. The first-order valence-electron chi connectivity index (χ1n) is 16.5. The Kier molecular flexibility index (Phi) is 7.08. The van der Waals surface area contributed by atoms with E-state index in [0.29, 0.717) is 0 Å². The summed E-state index contributed by atoms with van der Waals surface area (Å²) in [5.41, 5.74) is 13.8. The van der Waals surface area contributed by atoms with Crippen LogP contribution in [0.25, 0.3) is 82.4 Å². The predicted molar refractivity (Wildman–Crippen MR) is 206 cm³/mol. The Bertz CT molecular complexity index is 2350. The van der Waals surface area contributed by atoms with Crippen molar-refractivity contribution in [1.82, 2.24) is 0 Å². The van der Waals surface area contributed by atoms with Gasteiger partial charge in [0, 0.05) is 0 Å². The van der Waals surface area contributed by atoms with Crippen molar-refractivity contribution >= 4 is 37.9 Å². The Hall–Kier alpha value is -5.72. The summed E-state index contributed by atoms with van der Waals surface area (Å²) in [7, 11) is 0. The van der Waals surface area contributed by atoms with Crippen LogP contribution < -0.4 is 0 Å². The van der Waals surface area contributed by atoms with Crippen LogP contribution in [0.2, 0.25) is 0 Å². The lowest BCUT2D eigenvalue weighted by molar-refractivity contribution is 0.977. The van der Waals surface area contributed by atoms with Crippen LogP contribution in [0.15, 0.2) is 165 Å². The van der Waals surface area contributed by atoms with E-state index in [4.69, 9.17) is 0 Å². The molecule has 0 heteroatoms. The van der Waals surface area contributed by atoms with E-state index >= 15 is 0 Å². The van der Waals surface area contributed by atoms with Gasteiger partial charge in [0.25, 0.3) is 0 Å². The molecular formula is C47H36. The molecule has 224 valence electrons. The van der Waals surface area contributed by atoms with Crippen LogP contribution in [0.3, 0.4) is 0 Å². The van der Waals surface area contributed by atoms with Gasteiger partial charge >= 0.3 is 0 Å². The molecule has 0 nitrogen and oxygen atoms in total. The molecular weight excluding hydrogens is 565 g/mol. The molecule has 0 saturated carbocycles. The molecule has 0 fully saturated rings. The van der Waals surface area contributed by atoms with Gasteiger partial charge in [-0.15, -0.1) is 0 Å². The number of allylic oxidation sites excluding steroid dienone is 6. The Morgan fingerprint density at radius 3 is 1.64 bits per heavy atom. The zero-order chi connectivity index (χ0) is 32.1. The van der Waals surface area contributed by atoms with Gasteiger partial charge in [-0.3, -0.25) is 0 Å². The van der Waals surface area contributed by atoms with Gasteiger partial charge in [0.2, 0.25) is 0 Å². The summed E-state index contributed by atoms with van der Waals surface area (Å²) in [5, 5.41) is 7.62. The molecule has 8 rings (SSSR count). The first kappa shape index (κ1) is 28.7. The molecule has 0 aromatic heterocycles. The first-order chi connectivity index (χ1) is 23.1. The summed E-state index contributed by atoms with van der Waals surface area (Å²) >= 11 is 0. The van der Waals surface area contributed by atoms with Crippen molar-refractivity contribution in [3.8, 4) is 44.5 Å². The summed E-state index contributed by atoms with van der Waals surface area (Å²) in [6, 6.07) is 45.1. The lowest BCUT2D eigenvalue weighted by Crippen LogP contribution is -1.96. The summed E-state index contributed by atoms with van der Waals surface area (Å²) in [4.78, 5) is 0. The summed E-state index contributed by atoms with van der Waals surface area (Å²) < 4.78 is 0. The van der Waals surface area contributed by atoms with Crippen molar-refractivity contribution in [3.63, 3.8) is 0 Å². The van der Waals surface area contributed by atoms with E-state index in [1.807, 2.05) is 12.2 Å². The van der Waals surface area contributed by atoms with E-state index in [2.05, 4.69) is 167 Å². The van der Waals surface area contributed by atoms with Crippen LogP contribution in [0, 0.1) is 0 Å². The van der Waals surface area contributed by atoms with Gasteiger partial charge in [-0.05, 0) is 118 Å². The standard InChI is InChI=1S/C47H36/c1-5-12-30(4)38-22-26-42-45-40(36-20-18-32-14-8-10-16-34(32)28-36)23-24-41(37-21-19-33-15-9-11-17-35(33)29-37)46(45)43-27-25-39(44(38)47(42)43)31(7-3)13-6-2/h5-30H,2-3H2,1,4H3/b12-5-,31-13+. The van der Waals surface area contributed by atoms with E-state index in [0.717, 1.165) is 5.57 Å². The van der Waals surface area contributed by atoms with Crippen LogP contribution in [-0.4, -0.2) is 0 Å². The van der Waals surface area contributed by atoms with Crippen LogP contribution in [0.4, 0.5) is 0 Å². The van der Waals surface area contributed by atoms with Crippen LogP contribution >= 0.6 is 0 Å². The molecule has 1 unspecified atom stereocenters. The van der Waals surface area contributed by atoms with E-state index < -0.39 is 0 Å². The fourth-order valence-corrected chi connectivity index (χ4v) is 7.70. The van der Waals surface area contributed by atoms with E-state index in [9.17, 15) is 0 Å². The lowest BCUT2D eigenvalue weighted by Gasteiger charge is -2.18. The average Bonchev–Trinajstić information content (AvgIpc) is 3.45.